The minimum atomic E-state index is -0.190. The van der Waals surface area contributed by atoms with Gasteiger partial charge in [-0.2, -0.15) is 4.80 Å². The summed E-state index contributed by atoms with van der Waals surface area (Å²) in [5, 5.41) is 17.2. The highest BCUT2D eigenvalue weighted by Gasteiger charge is 2.08. The highest BCUT2D eigenvalue weighted by Crippen LogP contribution is 2.14. The molecule has 0 spiro atoms. The van der Waals surface area contributed by atoms with E-state index in [4.69, 9.17) is 0 Å². The zero-order valence-electron chi connectivity index (χ0n) is 12.5. The van der Waals surface area contributed by atoms with Gasteiger partial charge in [0.2, 0.25) is 11.7 Å². The second-order valence-corrected chi connectivity index (χ2v) is 4.64. The summed E-state index contributed by atoms with van der Waals surface area (Å²) >= 11 is 0. The lowest BCUT2D eigenvalue weighted by Gasteiger charge is -2.06. The Morgan fingerprint density at radius 2 is 1.82 bits per heavy atom. The molecule has 0 aliphatic heterocycles. The van der Waals surface area contributed by atoms with Crippen LogP contribution >= 0.6 is 0 Å². The maximum absolute atomic E-state index is 11.9. The fourth-order valence-electron chi connectivity index (χ4n) is 1.78. The topological polar surface area (TPSA) is 102 Å². The van der Waals surface area contributed by atoms with E-state index < -0.39 is 0 Å². The van der Waals surface area contributed by atoms with Crippen LogP contribution in [0.25, 0.3) is 11.4 Å². The van der Waals surface area contributed by atoms with Crippen molar-refractivity contribution in [2.24, 2.45) is 7.05 Å². The van der Waals surface area contributed by atoms with Gasteiger partial charge in [0.1, 0.15) is 0 Å². The SMILES string of the molecule is CCC(=O)NCCNC(=O)c1ccc(-c2nnn(C)n2)cc1. The predicted molar refractivity (Wildman–Crippen MR) is 79.9 cm³/mol. The normalized spacial score (nSPS) is 10.3. The van der Waals surface area contributed by atoms with Crippen LogP contribution in [0.2, 0.25) is 0 Å². The Hall–Kier alpha value is -2.77. The van der Waals surface area contributed by atoms with E-state index in [1.807, 2.05) is 0 Å². The molecule has 0 saturated heterocycles. The first-order chi connectivity index (χ1) is 10.6. The molecule has 0 fully saturated rings. The minimum Gasteiger partial charge on any atom is -0.354 e. The lowest BCUT2D eigenvalue weighted by atomic mass is 10.1. The lowest BCUT2D eigenvalue weighted by Crippen LogP contribution is -2.34. The highest BCUT2D eigenvalue weighted by molar-refractivity contribution is 5.94. The van der Waals surface area contributed by atoms with Crippen molar-refractivity contribution in [2.45, 2.75) is 13.3 Å². The van der Waals surface area contributed by atoms with Crippen molar-refractivity contribution < 1.29 is 9.59 Å². The first-order valence-electron chi connectivity index (χ1n) is 6.99. The molecule has 8 nitrogen and oxygen atoms in total. The number of rotatable bonds is 6. The monoisotopic (exact) mass is 302 g/mol. The number of aromatic nitrogens is 4. The smallest absolute Gasteiger partial charge is 0.251 e. The predicted octanol–water partition coefficient (Wildman–Crippen LogP) is 0.133. The molecule has 2 rings (SSSR count). The summed E-state index contributed by atoms with van der Waals surface area (Å²) in [6.07, 6.45) is 0.436. The molecule has 2 aromatic rings. The number of carbonyl (C=O) groups excluding carboxylic acids is 2. The third kappa shape index (κ3) is 4.11. The zero-order valence-corrected chi connectivity index (χ0v) is 12.5. The third-order valence-corrected chi connectivity index (χ3v) is 2.97. The quantitative estimate of drug-likeness (QED) is 0.739. The van der Waals surface area contributed by atoms with Crippen molar-refractivity contribution in [3.8, 4) is 11.4 Å². The van der Waals surface area contributed by atoms with E-state index in [1.165, 1.54) is 4.80 Å². The Balaban J connectivity index is 1.87. The summed E-state index contributed by atoms with van der Waals surface area (Å²) in [6, 6.07) is 6.94. The zero-order chi connectivity index (χ0) is 15.9. The van der Waals surface area contributed by atoms with Crippen molar-refractivity contribution in [1.29, 1.82) is 0 Å². The number of benzene rings is 1. The van der Waals surface area contributed by atoms with Gasteiger partial charge in [-0.15, -0.1) is 10.2 Å². The number of hydrogen-bond donors (Lipinski definition) is 2. The Bertz CT molecular complexity index is 650. The molecule has 1 aromatic heterocycles. The molecule has 0 saturated carbocycles. The molecule has 1 aromatic carbocycles. The van der Waals surface area contributed by atoms with Crippen LogP contribution < -0.4 is 10.6 Å². The first-order valence-corrected chi connectivity index (χ1v) is 6.99. The maximum atomic E-state index is 11.9. The van der Waals surface area contributed by atoms with Crippen LogP contribution in [0, 0.1) is 0 Å². The molecule has 1 heterocycles. The molecule has 116 valence electrons. The van der Waals surface area contributed by atoms with E-state index in [-0.39, 0.29) is 11.8 Å². The molecule has 22 heavy (non-hydrogen) atoms. The summed E-state index contributed by atoms with van der Waals surface area (Å²) in [5.74, 6) is 0.288. The molecule has 0 aliphatic carbocycles. The molecular weight excluding hydrogens is 284 g/mol. The van der Waals surface area contributed by atoms with Gasteiger partial charge >= 0.3 is 0 Å². The standard InChI is InChI=1S/C14H18N6O2/c1-3-12(21)15-8-9-16-14(22)11-6-4-10(5-7-11)13-17-19-20(2)18-13/h4-7H,3,8-9H2,1-2H3,(H,15,21)(H,16,22). The number of nitrogens with one attached hydrogen (secondary N) is 2. The van der Waals surface area contributed by atoms with Gasteiger partial charge in [0.15, 0.2) is 0 Å². The van der Waals surface area contributed by atoms with E-state index in [0.717, 1.165) is 5.56 Å². The van der Waals surface area contributed by atoms with Gasteiger partial charge in [0.05, 0.1) is 7.05 Å². The second-order valence-electron chi connectivity index (χ2n) is 4.64. The Morgan fingerprint density at radius 1 is 1.14 bits per heavy atom. The van der Waals surface area contributed by atoms with Crippen molar-refractivity contribution in [3.63, 3.8) is 0 Å². The van der Waals surface area contributed by atoms with Crippen LogP contribution in [-0.2, 0) is 11.8 Å². The van der Waals surface area contributed by atoms with E-state index in [9.17, 15) is 9.59 Å². The van der Waals surface area contributed by atoms with Crippen molar-refractivity contribution in [2.75, 3.05) is 13.1 Å². The van der Waals surface area contributed by atoms with Gasteiger partial charge in [-0.25, -0.2) is 0 Å². The first kappa shape index (κ1) is 15.6. The van der Waals surface area contributed by atoms with Gasteiger partial charge < -0.3 is 10.6 Å². The molecular formula is C14H18N6O2. The van der Waals surface area contributed by atoms with Gasteiger partial charge in [-0.3, -0.25) is 9.59 Å². The number of hydrogen-bond acceptors (Lipinski definition) is 5. The van der Waals surface area contributed by atoms with Gasteiger partial charge in [-0.05, 0) is 17.3 Å². The average Bonchev–Trinajstić information content (AvgIpc) is 2.97. The summed E-state index contributed by atoms with van der Waals surface area (Å²) in [6.45, 7) is 2.58. The fourth-order valence-corrected chi connectivity index (χ4v) is 1.78. The fraction of sp³-hybridized carbons (Fsp3) is 0.357. The molecule has 2 N–H and O–H groups in total. The van der Waals surface area contributed by atoms with Crippen LogP contribution in [0.5, 0.6) is 0 Å². The number of nitrogens with zero attached hydrogens (tertiary/aromatic N) is 4. The molecule has 8 heteroatoms. The van der Waals surface area contributed by atoms with Crippen LogP contribution in [0.15, 0.2) is 24.3 Å². The minimum absolute atomic E-state index is 0.0323. The number of tetrazole rings is 1. The molecule has 2 amide bonds. The van der Waals surface area contributed by atoms with Crippen molar-refractivity contribution in [1.82, 2.24) is 30.8 Å². The van der Waals surface area contributed by atoms with E-state index in [2.05, 4.69) is 26.0 Å². The Morgan fingerprint density at radius 3 is 2.41 bits per heavy atom. The van der Waals surface area contributed by atoms with E-state index in [1.54, 1.807) is 38.2 Å². The third-order valence-electron chi connectivity index (χ3n) is 2.97. The van der Waals surface area contributed by atoms with Crippen molar-refractivity contribution >= 4 is 11.8 Å². The maximum Gasteiger partial charge on any atom is 0.251 e. The molecule has 0 unspecified atom stereocenters. The van der Waals surface area contributed by atoms with Crippen LogP contribution in [0.4, 0.5) is 0 Å². The summed E-state index contributed by atoms with van der Waals surface area (Å²) in [7, 11) is 1.69. The van der Waals surface area contributed by atoms with Crippen LogP contribution in [-0.4, -0.2) is 45.1 Å². The average molecular weight is 302 g/mol. The number of carbonyl (C=O) groups is 2. The van der Waals surface area contributed by atoms with Crippen LogP contribution in [0.1, 0.15) is 23.7 Å². The lowest BCUT2D eigenvalue weighted by molar-refractivity contribution is -0.120. The summed E-state index contributed by atoms with van der Waals surface area (Å²) < 4.78 is 0. The van der Waals surface area contributed by atoms with Gasteiger partial charge in [0, 0.05) is 30.6 Å². The summed E-state index contributed by atoms with van der Waals surface area (Å²) in [5.41, 5.74) is 1.33. The molecule has 0 radical (unpaired) electrons. The number of amides is 2. The van der Waals surface area contributed by atoms with Crippen molar-refractivity contribution in [3.05, 3.63) is 29.8 Å². The highest BCUT2D eigenvalue weighted by atomic mass is 16.2. The Labute approximate surface area is 127 Å². The molecule has 0 bridgehead atoms. The molecule has 0 atom stereocenters. The van der Waals surface area contributed by atoms with Gasteiger partial charge in [-0.1, -0.05) is 19.1 Å². The Kier molecular flexibility index (Phi) is 5.18. The van der Waals surface area contributed by atoms with Gasteiger partial charge in [0.25, 0.3) is 5.91 Å². The second kappa shape index (κ2) is 7.30. The van der Waals surface area contributed by atoms with E-state index in [0.29, 0.717) is 30.9 Å². The van der Waals surface area contributed by atoms with Crippen LogP contribution in [0.3, 0.4) is 0 Å². The van der Waals surface area contributed by atoms with E-state index >= 15 is 0 Å². The molecule has 0 aliphatic rings. The largest absolute Gasteiger partial charge is 0.354 e. The number of aryl methyl sites for hydroxylation is 1. The summed E-state index contributed by atoms with van der Waals surface area (Å²) in [4.78, 5) is 24.4.